The van der Waals surface area contributed by atoms with E-state index in [2.05, 4.69) is 12.2 Å². The molecule has 0 radical (unpaired) electrons. The van der Waals surface area contributed by atoms with E-state index < -0.39 is 5.91 Å². The Labute approximate surface area is 101 Å². The van der Waals surface area contributed by atoms with Crippen LogP contribution in [0.4, 0.5) is 11.4 Å². The van der Waals surface area contributed by atoms with E-state index in [-0.39, 0.29) is 5.54 Å². The molecule has 1 aliphatic rings. The molecule has 5 N–H and O–H groups in total. The second kappa shape index (κ2) is 4.28. The Bertz CT molecular complexity index is 436. The van der Waals surface area contributed by atoms with Gasteiger partial charge in [-0.3, -0.25) is 4.79 Å². The van der Waals surface area contributed by atoms with Crippen molar-refractivity contribution in [3.63, 3.8) is 0 Å². The number of rotatable bonds is 3. The zero-order chi connectivity index (χ0) is 12.5. The number of nitrogens with two attached hydrogens (primary N) is 2. The molecule has 1 aromatic carbocycles. The molecule has 1 saturated carbocycles. The van der Waals surface area contributed by atoms with Gasteiger partial charge in [-0.2, -0.15) is 0 Å². The third-order valence-corrected chi connectivity index (χ3v) is 3.47. The van der Waals surface area contributed by atoms with Crippen molar-refractivity contribution in [1.29, 1.82) is 0 Å². The van der Waals surface area contributed by atoms with Crippen molar-refractivity contribution in [3.05, 3.63) is 23.8 Å². The predicted molar refractivity (Wildman–Crippen MR) is 69.9 cm³/mol. The van der Waals surface area contributed by atoms with Crippen LogP contribution in [0.2, 0.25) is 0 Å². The van der Waals surface area contributed by atoms with Gasteiger partial charge in [0.05, 0.1) is 5.56 Å². The molecular formula is C13H19N3O. The summed E-state index contributed by atoms with van der Waals surface area (Å²) in [6.45, 7) is 2.21. The average molecular weight is 233 g/mol. The molecule has 0 saturated heterocycles. The zero-order valence-corrected chi connectivity index (χ0v) is 10.1. The van der Waals surface area contributed by atoms with Gasteiger partial charge in [-0.25, -0.2) is 0 Å². The van der Waals surface area contributed by atoms with Gasteiger partial charge in [-0.15, -0.1) is 0 Å². The summed E-state index contributed by atoms with van der Waals surface area (Å²) in [4.78, 5) is 11.2. The monoisotopic (exact) mass is 233 g/mol. The molecule has 0 unspecified atom stereocenters. The number of primary amides is 1. The van der Waals surface area contributed by atoms with Crippen molar-refractivity contribution in [2.75, 3.05) is 11.1 Å². The fourth-order valence-electron chi connectivity index (χ4n) is 2.48. The van der Waals surface area contributed by atoms with Gasteiger partial charge in [0.25, 0.3) is 5.91 Å². The second-order valence-electron chi connectivity index (χ2n) is 5.06. The molecule has 0 spiro atoms. The summed E-state index contributed by atoms with van der Waals surface area (Å²) in [5.41, 5.74) is 12.8. The van der Waals surface area contributed by atoms with Gasteiger partial charge in [0.15, 0.2) is 0 Å². The molecule has 4 nitrogen and oxygen atoms in total. The highest BCUT2D eigenvalue weighted by molar-refractivity contribution is 5.98. The van der Waals surface area contributed by atoms with Crippen molar-refractivity contribution >= 4 is 17.3 Å². The molecule has 2 rings (SSSR count). The van der Waals surface area contributed by atoms with E-state index >= 15 is 0 Å². The maximum Gasteiger partial charge on any atom is 0.250 e. The Balaban J connectivity index is 2.22. The quantitative estimate of drug-likeness (QED) is 0.699. The highest BCUT2D eigenvalue weighted by Gasteiger charge is 2.28. The van der Waals surface area contributed by atoms with Gasteiger partial charge in [0.1, 0.15) is 0 Å². The van der Waals surface area contributed by atoms with Crippen LogP contribution in [0, 0.1) is 0 Å². The molecule has 1 amide bonds. The Hall–Kier alpha value is -1.71. The van der Waals surface area contributed by atoms with Crippen LogP contribution in [0.5, 0.6) is 0 Å². The first-order valence-electron chi connectivity index (χ1n) is 5.98. The number of amides is 1. The van der Waals surface area contributed by atoms with E-state index in [9.17, 15) is 4.79 Å². The number of nitrogen functional groups attached to an aromatic ring is 1. The number of benzene rings is 1. The summed E-state index contributed by atoms with van der Waals surface area (Å²) in [6, 6.07) is 5.35. The number of hydrogen-bond donors (Lipinski definition) is 3. The molecule has 0 atom stereocenters. The van der Waals surface area contributed by atoms with Gasteiger partial charge >= 0.3 is 0 Å². The molecule has 1 aromatic rings. The fraction of sp³-hybridized carbons (Fsp3) is 0.462. The normalized spacial score (nSPS) is 17.9. The summed E-state index contributed by atoms with van der Waals surface area (Å²) < 4.78 is 0. The average Bonchev–Trinajstić information content (AvgIpc) is 2.67. The minimum atomic E-state index is -0.484. The number of carbonyl (C=O) groups excluding carboxylic acids is 1. The van der Waals surface area contributed by atoms with Gasteiger partial charge in [-0.1, -0.05) is 12.8 Å². The SMILES string of the molecule is CC1(Nc2ccc(N)c(C(N)=O)c2)CCCC1. The molecule has 1 fully saturated rings. The first-order chi connectivity index (χ1) is 8.00. The number of anilines is 2. The summed E-state index contributed by atoms with van der Waals surface area (Å²) in [5.74, 6) is -0.484. The summed E-state index contributed by atoms with van der Waals surface area (Å²) in [5, 5.41) is 3.48. The highest BCUT2D eigenvalue weighted by Crippen LogP contribution is 2.33. The van der Waals surface area contributed by atoms with Crippen LogP contribution in [0.25, 0.3) is 0 Å². The standard InChI is InChI=1S/C13H19N3O/c1-13(6-2-3-7-13)16-9-4-5-11(14)10(8-9)12(15)17/h4-5,8,16H,2-3,6-7,14H2,1H3,(H2,15,17). The smallest absolute Gasteiger partial charge is 0.250 e. The van der Waals surface area contributed by atoms with Gasteiger partial charge in [0.2, 0.25) is 0 Å². The zero-order valence-electron chi connectivity index (χ0n) is 10.1. The Morgan fingerprint density at radius 1 is 1.35 bits per heavy atom. The Kier molecular flexibility index (Phi) is 2.96. The third-order valence-electron chi connectivity index (χ3n) is 3.47. The van der Waals surface area contributed by atoms with Crippen LogP contribution in [0.1, 0.15) is 43.0 Å². The molecule has 0 bridgehead atoms. The van der Waals surface area contributed by atoms with Gasteiger partial charge in [-0.05, 0) is 38.0 Å². The van der Waals surface area contributed by atoms with Crippen LogP contribution in [0.15, 0.2) is 18.2 Å². The summed E-state index contributed by atoms with van der Waals surface area (Å²) in [7, 11) is 0. The van der Waals surface area contributed by atoms with E-state index in [0.29, 0.717) is 11.3 Å². The highest BCUT2D eigenvalue weighted by atomic mass is 16.1. The van der Waals surface area contributed by atoms with Crippen LogP contribution in [-0.4, -0.2) is 11.4 Å². The molecule has 92 valence electrons. The van der Waals surface area contributed by atoms with Gasteiger partial charge < -0.3 is 16.8 Å². The Morgan fingerprint density at radius 2 is 2.00 bits per heavy atom. The first kappa shape index (κ1) is 11.8. The summed E-state index contributed by atoms with van der Waals surface area (Å²) >= 11 is 0. The van der Waals surface area contributed by atoms with Crippen LogP contribution in [-0.2, 0) is 0 Å². The maximum absolute atomic E-state index is 11.2. The van der Waals surface area contributed by atoms with E-state index in [1.54, 1.807) is 12.1 Å². The van der Waals surface area contributed by atoms with Crippen molar-refractivity contribution in [2.45, 2.75) is 38.1 Å². The molecular weight excluding hydrogens is 214 g/mol. The van der Waals surface area contributed by atoms with E-state index in [4.69, 9.17) is 11.5 Å². The van der Waals surface area contributed by atoms with Crippen molar-refractivity contribution < 1.29 is 4.79 Å². The largest absolute Gasteiger partial charge is 0.398 e. The molecule has 0 aromatic heterocycles. The number of nitrogens with one attached hydrogen (secondary N) is 1. The third kappa shape index (κ3) is 2.52. The first-order valence-corrected chi connectivity index (χ1v) is 5.98. The molecule has 0 aliphatic heterocycles. The van der Waals surface area contributed by atoms with Crippen LogP contribution < -0.4 is 16.8 Å². The minimum Gasteiger partial charge on any atom is -0.398 e. The van der Waals surface area contributed by atoms with E-state index in [0.717, 1.165) is 18.5 Å². The van der Waals surface area contributed by atoms with Crippen LogP contribution >= 0.6 is 0 Å². The molecule has 0 heterocycles. The van der Waals surface area contributed by atoms with E-state index in [1.807, 2.05) is 6.07 Å². The fourth-order valence-corrected chi connectivity index (χ4v) is 2.48. The Morgan fingerprint density at radius 3 is 2.59 bits per heavy atom. The number of carbonyl (C=O) groups is 1. The van der Waals surface area contributed by atoms with Crippen molar-refractivity contribution in [3.8, 4) is 0 Å². The lowest BCUT2D eigenvalue weighted by Gasteiger charge is -2.27. The van der Waals surface area contributed by atoms with Crippen molar-refractivity contribution in [2.24, 2.45) is 5.73 Å². The lowest BCUT2D eigenvalue weighted by Crippen LogP contribution is -2.31. The maximum atomic E-state index is 11.2. The molecule has 1 aliphatic carbocycles. The lowest BCUT2D eigenvalue weighted by molar-refractivity contribution is 0.100. The predicted octanol–water partition coefficient (Wildman–Crippen LogP) is 2.11. The molecule has 17 heavy (non-hydrogen) atoms. The minimum absolute atomic E-state index is 0.130. The topological polar surface area (TPSA) is 81.1 Å². The van der Waals surface area contributed by atoms with Crippen LogP contribution in [0.3, 0.4) is 0 Å². The molecule has 4 heteroatoms. The lowest BCUT2D eigenvalue weighted by atomic mass is 10.00. The number of hydrogen-bond acceptors (Lipinski definition) is 3. The second-order valence-corrected chi connectivity index (χ2v) is 5.06. The van der Waals surface area contributed by atoms with Gasteiger partial charge in [0, 0.05) is 16.9 Å². The van der Waals surface area contributed by atoms with E-state index in [1.165, 1.54) is 12.8 Å². The summed E-state index contributed by atoms with van der Waals surface area (Å²) in [6.07, 6.45) is 4.81. The van der Waals surface area contributed by atoms with Crippen molar-refractivity contribution in [1.82, 2.24) is 0 Å².